The molecular weight excluding hydrogens is 387 g/mol. The van der Waals surface area contributed by atoms with Crippen molar-refractivity contribution >= 4 is 39.3 Å². The van der Waals surface area contributed by atoms with Crippen molar-refractivity contribution in [3.63, 3.8) is 0 Å². The molecule has 0 spiro atoms. The van der Waals surface area contributed by atoms with Gasteiger partial charge in [0.1, 0.15) is 5.60 Å². The second-order valence-electron chi connectivity index (χ2n) is 6.97. The molecule has 0 saturated carbocycles. The van der Waals surface area contributed by atoms with Crippen LogP contribution >= 0.6 is 23.2 Å². The molecule has 1 saturated heterocycles. The van der Waals surface area contributed by atoms with Crippen molar-refractivity contribution < 1.29 is 17.9 Å². The van der Waals surface area contributed by atoms with Gasteiger partial charge in [-0.3, -0.25) is 0 Å². The van der Waals surface area contributed by atoms with Crippen molar-refractivity contribution in [1.29, 1.82) is 0 Å². The van der Waals surface area contributed by atoms with Crippen molar-refractivity contribution in [2.45, 2.75) is 50.2 Å². The van der Waals surface area contributed by atoms with Crippen LogP contribution in [-0.2, 0) is 14.8 Å². The summed E-state index contributed by atoms with van der Waals surface area (Å²) in [4.78, 5) is 13.7. The average molecular weight is 409 g/mol. The first-order valence-electron chi connectivity index (χ1n) is 7.93. The highest BCUT2D eigenvalue weighted by Crippen LogP contribution is 2.23. The number of sulfonamides is 1. The molecule has 25 heavy (non-hydrogen) atoms. The molecule has 1 amide bonds. The number of likely N-dealkylation sites (tertiary alicyclic amines) is 1. The summed E-state index contributed by atoms with van der Waals surface area (Å²) in [6.07, 6.45) is 0.634. The molecule has 1 aliphatic heterocycles. The van der Waals surface area contributed by atoms with Crippen LogP contribution in [0.25, 0.3) is 0 Å². The molecule has 0 atom stereocenters. The molecule has 0 radical (unpaired) electrons. The Kier molecular flexibility index (Phi) is 6.25. The van der Waals surface area contributed by atoms with Crippen LogP contribution in [0, 0.1) is 0 Å². The fourth-order valence-electron chi connectivity index (χ4n) is 2.48. The average Bonchev–Trinajstić information content (AvgIpc) is 2.44. The van der Waals surface area contributed by atoms with E-state index in [0.717, 1.165) is 0 Å². The number of halogens is 2. The van der Waals surface area contributed by atoms with Crippen molar-refractivity contribution in [1.82, 2.24) is 9.62 Å². The van der Waals surface area contributed by atoms with Crippen molar-refractivity contribution in [3.05, 3.63) is 28.2 Å². The van der Waals surface area contributed by atoms with E-state index in [0.29, 0.717) is 25.9 Å². The van der Waals surface area contributed by atoms with Crippen molar-refractivity contribution in [2.75, 3.05) is 13.1 Å². The van der Waals surface area contributed by atoms with Crippen LogP contribution in [-0.4, -0.2) is 44.1 Å². The van der Waals surface area contributed by atoms with Crippen LogP contribution in [0.2, 0.25) is 10.0 Å². The van der Waals surface area contributed by atoms with Gasteiger partial charge in [-0.05, 0) is 51.8 Å². The number of rotatable bonds is 3. The molecular formula is C16H22Cl2N2O4S. The fraction of sp³-hybridized carbons (Fsp3) is 0.562. The molecule has 0 aliphatic carbocycles. The van der Waals surface area contributed by atoms with E-state index < -0.39 is 15.6 Å². The molecule has 6 nitrogen and oxygen atoms in total. The van der Waals surface area contributed by atoms with Gasteiger partial charge < -0.3 is 9.64 Å². The molecule has 1 aromatic carbocycles. The number of carbonyl (C=O) groups is 1. The third-order valence-electron chi connectivity index (χ3n) is 3.61. The zero-order valence-electron chi connectivity index (χ0n) is 14.4. The lowest BCUT2D eigenvalue weighted by Gasteiger charge is -2.33. The minimum atomic E-state index is -3.73. The lowest BCUT2D eigenvalue weighted by Crippen LogP contribution is -2.47. The highest BCUT2D eigenvalue weighted by molar-refractivity contribution is 7.89. The van der Waals surface area contributed by atoms with E-state index in [1.54, 1.807) is 4.90 Å². The Morgan fingerprint density at radius 3 is 2.16 bits per heavy atom. The third-order valence-corrected chi connectivity index (χ3v) is 5.55. The summed E-state index contributed by atoms with van der Waals surface area (Å²) in [7, 11) is -3.73. The van der Waals surface area contributed by atoms with E-state index in [1.165, 1.54) is 18.2 Å². The number of hydrogen-bond acceptors (Lipinski definition) is 4. The predicted octanol–water partition coefficient (Wildman–Crippen LogP) is 3.67. The Bertz CT molecular complexity index is 719. The van der Waals surface area contributed by atoms with Crippen LogP contribution in [0.3, 0.4) is 0 Å². The second-order valence-corrected chi connectivity index (χ2v) is 9.55. The van der Waals surface area contributed by atoms with Gasteiger partial charge in [0.2, 0.25) is 10.0 Å². The highest BCUT2D eigenvalue weighted by Gasteiger charge is 2.29. The largest absolute Gasteiger partial charge is 0.444 e. The standard InChI is InChI=1S/C16H22Cl2N2O4S/c1-16(2,3)24-15(21)20-6-4-13(5-7-20)19-25(22,23)14-9-11(17)8-12(18)10-14/h8-10,13,19H,4-7H2,1-3H3. The van der Waals surface area contributed by atoms with Gasteiger partial charge in [0.15, 0.2) is 0 Å². The minimum absolute atomic E-state index is 0.0274. The van der Waals surface area contributed by atoms with E-state index in [1.807, 2.05) is 20.8 Å². The number of benzene rings is 1. The number of hydrogen-bond donors (Lipinski definition) is 1. The zero-order chi connectivity index (χ0) is 18.8. The van der Waals surface area contributed by atoms with E-state index in [4.69, 9.17) is 27.9 Å². The molecule has 0 unspecified atom stereocenters. The van der Waals surface area contributed by atoms with Gasteiger partial charge in [0, 0.05) is 29.2 Å². The molecule has 1 fully saturated rings. The van der Waals surface area contributed by atoms with E-state index >= 15 is 0 Å². The first-order valence-corrected chi connectivity index (χ1v) is 10.2. The molecule has 1 aromatic rings. The third kappa shape index (κ3) is 6.02. The van der Waals surface area contributed by atoms with Gasteiger partial charge in [-0.15, -0.1) is 0 Å². The summed E-state index contributed by atoms with van der Waals surface area (Å²) in [5, 5.41) is 0.514. The summed E-state index contributed by atoms with van der Waals surface area (Å²) < 4.78 is 32.9. The van der Waals surface area contributed by atoms with Crippen LogP contribution in [0.4, 0.5) is 4.79 Å². The van der Waals surface area contributed by atoms with Crippen LogP contribution in [0.1, 0.15) is 33.6 Å². The Labute approximate surface area is 158 Å². The zero-order valence-corrected chi connectivity index (χ0v) is 16.7. The number of amides is 1. The van der Waals surface area contributed by atoms with Crippen molar-refractivity contribution in [2.24, 2.45) is 0 Å². The molecule has 140 valence electrons. The Morgan fingerprint density at radius 1 is 1.16 bits per heavy atom. The normalized spacial score (nSPS) is 16.8. The van der Waals surface area contributed by atoms with E-state index in [2.05, 4.69) is 4.72 Å². The number of ether oxygens (including phenoxy) is 1. The summed E-state index contributed by atoms with van der Waals surface area (Å²) in [5.74, 6) is 0. The SMILES string of the molecule is CC(C)(C)OC(=O)N1CCC(NS(=O)(=O)c2cc(Cl)cc(Cl)c2)CC1. The van der Waals surface area contributed by atoms with Gasteiger partial charge in [0.05, 0.1) is 4.90 Å². The first kappa shape index (κ1) is 20.3. The van der Waals surface area contributed by atoms with E-state index in [9.17, 15) is 13.2 Å². The Hall–Kier alpha value is -1.02. The monoisotopic (exact) mass is 408 g/mol. The first-order chi connectivity index (χ1) is 11.5. The quantitative estimate of drug-likeness (QED) is 0.827. The second kappa shape index (κ2) is 7.70. The van der Waals surface area contributed by atoms with Crippen molar-refractivity contribution in [3.8, 4) is 0 Å². The van der Waals surface area contributed by atoms with Gasteiger partial charge in [-0.2, -0.15) is 0 Å². The highest BCUT2D eigenvalue weighted by atomic mass is 35.5. The van der Waals surface area contributed by atoms with Crippen LogP contribution in [0.15, 0.2) is 23.1 Å². The molecule has 1 N–H and O–H groups in total. The number of carbonyl (C=O) groups excluding carboxylic acids is 1. The summed E-state index contributed by atoms with van der Waals surface area (Å²) in [6.45, 7) is 6.28. The molecule has 2 rings (SSSR count). The lowest BCUT2D eigenvalue weighted by atomic mass is 10.1. The number of nitrogens with zero attached hydrogens (tertiary/aromatic N) is 1. The lowest BCUT2D eigenvalue weighted by molar-refractivity contribution is 0.0203. The summed E-state index contributed by atoms with van der Waals surface area (Å²) >= 11 is 11.7. The topological polar surface area (TPSA) is 75.7 Å². The molecule has 9 heteroatoms. The predicted molar refractivity (Wildman–Crippen MR) is 97.6 cm³/mol. The molecule has 0 aromatic heterocycles. The van der Waals surface area contributed by atoms with Gasteiger partial charge >= 0.3 is 6.09 Å². The van der Waals surface area contributed by atoms with Crippen LogP contribution in [0.5, 0.6) is 0 Å². The fourth-order valence-corrected chi connectivity index (χ4v) is 4.51. The smallest absolute Gasteiger partial charge is 0.410 e. The maximum absolute atomic E-state index is 12.5. The van der Waals surface area contributed by atoms with E-state index in [-0.39, 0.29) is 27.1 Å². The summed E-state index contributed by atoms with van der Waals surface area (Å²) in [6, 6.07) is 3.92. The maximum Gasteiger partial charge on any atom is 0.410 e. The van der Waals surface area contributed by atoms with Gasteiger partial charge in [0.25, 0.3) is 0 Å². The number of nitrogens with one attached hydrogen (secondary N) is 1. The molecule has 0 bridgehead atoms. The van der Waals surface area contributed by atoms with Gasteiger partial charge in [-0.25, -0.2) is 17.9 Å². The molecule has 1 aliphatic rings. The Balaban J connectivity index is 1.96. The maximum atomic E-state index is 12.5. The number of piperidine rings is 1. The Morgan fingerprint density at radius 2 is 1.68 bits per heavy atom. The summed E-state index contributed by atoms with van der Waals surface area (Å²) in [5.41, 5.74) is -0.554. The minimum Gasteiger partial charge on any atom is -0.444 e. The van der Waals surface area contributed by atoms with Gasteiger partial charge in [-0.1, -0.05) is 23.2 Å². The molecule has 1 heterocycles. The van der Waals surface area contributed by atoms with Crippen LogP contribution < -0.4 is 4.72 Å².